The molecular weight excluding hydrogens is 1090 g/mol. The van der Waals surface area contributed by atoms with Crippen molar-refractivity contribution >= 4 is 81.3 Å². The van der Waals surface area contributed by atoms with Gasteiger partial charge in [0.25, 0.3) is 23.6 Å². The Hall–Kier alpha value is -11.9. The Balaban J connectivity index is 0.000000205. The van der Waals surface area contributed by atoms with Gasteiger partial charge in [0.15, 0.2) is 6.61 Å². The van der Waals surface area contributed by atoms with Gasteiger partial charge in [-0.1, -0.05) is 86.3 Å². The van der Waals surface area contributed by atoms with Gasteiger partial charge in [-0.05, 0) is 120 Å². The number of carbonyl (C=O) groups is 7. The lowest BCUT2D eigenvalue weighted by molar-refractivity contribution is -0.136. The number of ether oxygens (including phenoxy) is 2. The lowest BCUT2D eigenvalue weighted by atomic mass is 10.1. The molecule has 9 aromatic rings. The summed E-state index contributed by atoms with van der Waals surface area (Å²) >= 11 is 0. The third-order valence-corrected chi connectivity index (χ3v) is 11.9. The Morgan fingerprint density at radius 2 is 0.814 bits per heavy atom. The van der Waals surface area contributed by atoms with E-state index in [1.807, 2.05) is 6.07 Å². The largest absolute Gasteiger partial charge is 0.482 e. The van der Waals surface area contributed by atoms with Crippen LogP contribution in [0.1, 0.15) is 60.8 Å². The van der Waals surface area contributed by atoms with Gasteiger partial charge in [-0.15, -0.1) is 0 Å². The second kappa shape index (κ2) is 33.1. The summed E-state index contributed by atoms with van der Waals surface area (Å²) in [6.45, 7) is 0.834. The van der Waals surface area contributed by atoms with Crippen LogP contribution in [0.25, 0.3) is 0 Å². The van der Waals surface area contributed by atoms with E-state index in [9.17, 15) is 33.6 Å². The SMILES string of the molecule is C.Nc1ccccc1NC(=O)c1ccc(CNC(=O)C(=O)Nc2cccnc2)cc1.Nc1ccccc1NC(=O)c1ccc(CNC(=O)COc2cccnc2)cc1.Nc1ccccc1NC(=O)c1ccc(CNC(=O)OCc2cccnc2)cc1. The molecule has 0 fully saturated rings. The van der Waals surface area contributed by atoms with Crippen LogP contribution in [-0.4, -0.2) is 63.1 Å². The molecule has 0 bridgehead atoms. The van der Waals surface area contributed by atoms with E-state index in [1.54, 1.807) is 207 Å². The van der Waals surface area contributed by atoms with Crippen LogP contribution in [0.5, 0.6) is 5.75 Å². The second-order valence-corrected chi connectivity index (χ2v) is 18.1. The molecule has 6 aromatic carbocycles. The molecule has 0 spiro atoms. The van der Waals surface area contributed by atoms with Crippen molar-refractivity contribution in [1.29, 1.82) is 0 Å². The van der Waals surface area contributed by atoms with E-state index < -0.39 is 17.9 Å². The topological polar surface area (TPSA) is 339 Å². The number of anilines is 7. The molecule has 22 heteroatoms. The molecule has 13 N–H and O–H groups in total. The first kappa shape index (κ1) is 63.2. The lowest BCUT2D eigenvalue weighted by Gasteiger charge is -2.09. The monoisotopic (exact) mass is 1160 g/mol. The molecule has 0 aliphatic heterocycles. The van der Waals surface area contributed by atoms with Crippen LogP contribution in [0.3, 0.4) is 0 Å². The number of nitrogens with zero attached hydrogens (tertiary/aromatic N) is 3. The predicted octanol–water partition coefficient (Wildman–Crippen LogP) is 8.76. The summed E-state index contributed by atoms with van der Waals surface area (Å²) in [6, 6.07) is 52.0. The second-order valence-electron chi connectivity index (χ2n) is 18.1. The van der Waals surface area contributed by atoms with E-state index in [0.717, 1.165) is 22.3 Å². The van der Waals surface area contributed by atoms with Crippen LogP contribution in [0, 0.1) is 0 Å². The molecule has 0 aliphatic carbocycles. The maximum atomic E-state index is 12.3. The normalized spacial score (nSPS) is 10.0. The van der Waals surface area contributed by atoms with E-state index in [2.05, 4.69) is 52.2 Å². The van der Waals surface area contributed by atoms with Crippen LogP contribution < -0.4 is 59.2 Å². The molecule has 86 heavy (non-hydrogen) atoms. The van der Waals surface area contributed by atoms with E-state index >= 15 is 0 Å². The third-order valence-electron chi connectivity index (χ3n) is 11.9. The summed E-state index contributed by atoms with van der Waals surface area (Å²) in [7, 11) is 0. The summed E-state index contributed by atoms with van der Waals surface area (Å²) in [5.41, 5.74) is 25.8. The molecule has 0 atom stereocenters. The zero-order chi connectivity index (χ0) is 60.2. The summed E-state index contributed by atoms with van der Waals surface area (Å²) in [5, 5.41) is 18.7. The van der Waals surface area contributed by atoms with Gasteiger partial charge in [-0.3, -0.25) is 43.7 Å². The molecule has 0 unspecified atom stereocenters. The fraction of sp³-hybridized carbons (Fsp3) is 0.0938. The van der Waals surface area contributed by atoms with Crippen molar-refractivity contribution in [3.8, 4) is 5.75 Å². The standard InChI is InChI=1S/C21H19N5O3.2C21H20N4O3.CH4/c22-17-5-1-2-6-18(17)26-19(27)15-9-7-14(8-10-15)12-24-20(28)21(29)25-16-4-3-11-23-13-16;22-18-5-1-2-6-19(18)25-20(26)17-9-7-15(8-10-17)13-24-21(27)28-14-16-4-3-11-23-12-16;22-18-5-1-2-6-19(18)25-21(27)16-9-7-15(8-10-16)12-24-20(26)14-28-17-4-3-11-23-13-17;/h1-11,13H,12,22H2,(H,24,28)(H,25,29)(H,26,27);1-12H,13-14,22H2,(H,24,27)(H,25,26);1-11,13H,12,14,22H2,(H,24,26)(H,25,27);1H4. The highest BCUT2D eigenvalue weighted by molar-refractivity contribution is 6.39. The number of hydrogen-bond acceptors (Lipinski definition) is 15. The van der Waals surface area contributed by atoms with Crippen LogP contribution in [0.2, 0.25) is 0 Å². The van der Waals surface area contributed by atoms with Crippen LogP contribution in [0.4, 0.5) is 44.6 Å². The molecule has 438 valence electrons. The first-order valence-corrected chi connectivity index (χ1v) is 26.1. The maximum absolute atomic E-state index is 12.3. The summed E-state index contributed by atoms with van der Waals surface area (Å²) in [6.07, 6.45) is 8.95. The lowest BCUT2D eigenvalue weighted by Crippen LogP contribution is -2.34. The fourth-order valence-electron chi connectivity index (χ4n) is 7.32. The van der Waals surface area contributed by atoms with Crippen molar-refractivity contribution < 1.29 is 43.0 Å². The number of rotatable bonds is 18. The number of amides is 7. The van der Waals surface area contributed by atoms with Gasteiger partial charge in [0.1, 0.15) is 12.4 Å². The Labute approximate surface area is 496 Å². The van der Waals surface area contributed by atoms with Gasteiger partial charge in [-0.25, -0.2) is 4.79 Å². The number of nitrogens with two attached hydrogens (primary N) is 3. The van der Waals surface area contributed by atoms with E-state index in [-0.39, 0.29) is 50.8 Å². The number of pyridine rings is 3. The smallest absolute Gasteiger partial charge is 0.407 e. The Morgan fingerprint density at radius 1 is 0.395 bits per heavy atom. The van der Waals surface area contributed by atoms with Crippen molar-refractivity contribution in [3.63, 3.8) is 0 Å². The number of carbonyl (C=O) groups excluding carboxylic acids is 7. The van der Waals surface area contributed by atoms with Crippen molar-refractivity contribution in [1.82, 2.24) is 30.9 Å². The number of para-hydroxylation sites is 6. The van der Waals surface area contributed by atoms with Gasteiger partial charge in [0.2, 0.25) is 0 Å². The quantitative estimate of drug-likeness (QED) is 0.0283. The van der Waals surface area contributed by atoms with E-state index in [1.165, 1.54) is 6.20 Å². The van der Waals surface area contributed by atoms with Crippen LogP contribution in [0.15, 0.2) is 219 Å². The maximum Gasteiger partial charge on any atom is 0.407 e. The molecule has 7 amide bonds. The molecule has 0 aliphatic rings. The zero-order valence-corrected chi connectivity index (χ0v) is 45.6. The van der Waals surface area contributed by atoms with Crippen molar-refractivity contribution in [2.24, 2.45) is 0 Å². The Morgan fingerprint density at radius 3 is 1.23 bits per heavy atom. The fourth-order valence-corrected chi connectivity index (χ4v) is 7.32. The molecule has 22 nitrogen and oxygen atoms in total. The Bertz CT molecular complexity index is 3520. The van der Waals surface area contributed by atoms with Crippen LogP contribution in [-0.2, 0) is 45.4 Å². The summed E-state index contributed by atoms with van der Waals surface area (Å²) in [4.78, 5) is 96.1. The molecule has 0 saturated carbocycles. The predicted molar refractivity (Wildman–Crippen MR) is 330 cm³/mol. The molecule has 9 rings (SSSR count). The van der Waals surface area contributed by atoms with Crippen molar-refractivity contribution in [3.05, 3.63) is 258 Å². The minimum Gasteiger partial charge on any atom is -0.482 e. The minimum atomic E-state index is -0.783. The highest BCUT2D eigenvalue weighted by Gasteiger charge is 2.15. The van der Waals surface area contributed by atoms with Crippen molar-refractivity contribution in [2.45, 2.75) is 33.7 Å². The average molecular weight is 1160 g/mol. The van der Waals surface area contributed by atoms with E-state index in [0.29, 0.717) is 75.3 Å². The van der Waals surface area contributed by atoms with Gasteiger partial charge in [-0.2, -0.15) is 0 Å². The molecular formula is C64H63N13O9. The van der Waals surface area contributed by atoms with Crippen LogP contribution >= 0.6 is 0 Å². The summed E-state index contributed by atoms with van der Waals surface area (Å²) in [5.74, 6) is -2.07. The molecule has 0 saturated heterocycles. The number of benzene rings is 6. The molecule has 3 aromatic heterocycles. The highest BCUT2D eigenvalue weighted by Crippen LogP contribution is 2.21. The summed E-state index contributed by atoms with van der Waals surface area (Å²) < 4.78 is 10.5. The number of aromatic nitrogens is 3. The first-order valence-electron chi connectivity index (χ1n) is 26.1. The van der Waals surface area contributed by atoms with Gasteiger partial charge in [0, 0.05) is 66.7 Å². The molecule has 0 radical (unpaired) electrons. The van der Waals surface area contributed by atoms with Gasteiger partial charge >= 0.3 is 17.9 Å². The molecule has 3 heterocycles. The number of alkyl carbamates (subject to hydrolysis) is 1. The number of nitrogens with one attached hydrogen (secondary N) is 7. The average Bonchev–Trinajstić information content (AvgIpc) is 3.72. The Kier molecular flexibility index (Phi) is 24.3. The number of nitrogen functional groups attached to an aromatic ring is 3. The first-order chi connectivity index (χ1) is 41.3. The zero-order valence-electron chi connectivity index (χ0n) is 45.6. The van der Waals surface area contributed by atoms with E-state index in [4.69, 9.17) is 26.7 Å². The minimum absolute atomic E-state index is 0. The number of hydrogen-bond donors (Lipinski definition) is 10. The van der Waals surface area contributed by atoms with Gasteiger partial charge in [0.05, 0.1) is 52.2 Å². The van der Waals surface area contributed by atoms with Gasteiger partial charge < -0.3 is 63.9 Å². The highest BCUT2D eigenvalue weighted by atomic mass is 16.5. The van der Waals surface area contributed by atoms with Crippen molar-refractivity contribution in [2.75, 3.05) is 45.1 Å². The third kappa shape index (κ3) is 20.9.